The van der Waals surface area contributed by atoms with E-state index in [9.17, 15) is 9.59 Å². The highest BCUT2D eigenvalue weighted by molar-refractivity contribution is 5.97. The lowest BCUT2D eigenvalue weighted by Gasteiger charge is -2.18. The third kappa shape index (κ3) is 4.73. The number of methoxy groups -OCH3 is 2. The van der Waals surface area contributed by atoms with Gasteiger partial charge in [0, 0.05) is 29.8 Å². The van der Waals surface area contributed by atoms with E-state index in [0.29, 0.717) is 22.7 Å². The highest BCUT2D eigenvalue weighted by atomic mass is 16.5. The molecule has 25 heavy (non-hydrogen) atoms. The molecule has 0 aliphatic heterocycles. The smallest absolute Gasteiger partial charge is 0.251 e. The number of amides is 2. The summed E-state index contributed by atoms with van der Waals surface area (Å²) in [4.78, 5) is 23.6. The van der Waals surface area contributed by atoms with Crippen molar-refractivity contribution < 1.29 is 19.1 Å². The van der Waals surface area contributed by atoms with Crippen molar-refractivity contribution in [2.24, 2.45) is 0 Å². The van der Waals surface area contributed by atoms with Crippen molar-refractivity contribution >= 4 is 17.5 Å². The molecule has 0 radical (unpaired) electrons. The van der Waals surface area contributed by atoms with E-state index in [0.717, 1.165) is 5.56 Å². The standard InChI is InChI=1S/C19H22N2O4/c1-12(17-9-8-16(24-3)11-18(17)25-4)20-19(23)14-6-5-7-15(10-14)21-13(2)22/h5-12H,1-4H3,(H,20,23)(H,21,22). The molecule has 2 amide bonds. The van der Waals surface area contributed by atoms with Gasteiger partial charge in [0.2, 0.25) is 5.91 Å². The summed E-state index contributed by atoms with van der Waals surface area (Å²) in [5.74, 6) is 0.896. The minimum absolute atomic E-state index is 0.186. The first-order valence-corrected chi connectivity index (χ1v) is 7.85. The molecule has 0 fully saturated rings. The van der Waals surface area contributed by atoms with Crippen LogP contribution in [-0.4, -0.2) is 26.0 Å². The summed E-state index contributed by atoms with van der Waals surface area (Å²) >= 11 is 0. The molecular weight excluding hydrogens is 320 g/mol. The fourth-order valence-corrected chi connectivity index (χ4v) is 2.48. The Bertz CT molecular complexity index is 774. The number of rotatable bonds is 6. The predicted octanol–water partition coefficient (Wildman–Crippen LogP) is 3.15. The number of ether oxygens (including phenoxy) is 2. The van der Waals surface area contributed by atoms with Gasteiger partial charge in [-0.1, -0.05) is 6.07 Å². The molecule has 132 valence electrons. The zero-order valence-electron chi connectivity index (χ0n) is 14.8. The molecule has 2 rings (SSSR count). The van der Waals surface area contributed by atoms with E-state index >= 15 is 0 Å². The van der Waals surface area contributed by atoms with Crippen LogP contribution in [0.15, 0.2) is 42.5 Å². The normalized spacial score (nSPS) is 11.4. The molecule has 1 atom stereocenters. The van der Waals surface area contributed by atoms with Gasteiger partial charge in [0.05, 0.1) is 20.3 Å². The highest BCUT2D eigenvalue weighted by Crippen LogP contribution is 2.29. The second-order valence-electron chi connectivity index (χ2n) is 5.57. The van der Waals surface area contributed by atoms with E-state index in [-0.39, 0.29) is 17.9 Å². The Morgan fingerprint density at radius 1 is 1.04 bits per heavy atom. The Morgan fingerprint density at radius 3 is 2.44 bits per heavy atom. The van der Waals surface area contributed by atoms with Gasteiger partial charge in [-0.15, -0.1) is 0 Å². The molecule has 0 aliphatic rings. The second kappa shape index (κ2) is 8.19. The first kappa shape index (κ1) is 18.3. The van der Waals surface area contributed by atoms with Gasteiger partial charge in [0.25, 0.3) is 5.91 Å². The molecule has 0 bridgehead atoms. The van der Waals surface area contributed by atoms with Crippen molar-refractivity contribution in [3.8, 4) is 11.5 Å². The fourth-order valence-electron chi connectivity index (χ4n) is 2.48. The van der Waals surface area contributed by atoms with Gasteiger partial charge in [0.15, 0.2) is 0 Å². The molecule has 2 aromatic rings. The molecule has 6 heteroatoms. The van der Waals surface area contributed by atoms with Crippen LogP contribution in [0.25, 0.3) is 0 Å². The molecule has 0 heterocycles. The number of hydrogen-bond donors (Lipinski definition) is 2. The first-order valence-electron chi connectivity index (χ1n) is 7.85. The van der Waals surface area contributed by atoms with Crippen LogP contribution in [0, 0.1) is 0 Å². The third-order valence-electron chi connectivity index (χ3n) is 3.70. The number of carbonyl (C=O) groups excluding carboxylic acids is 2. The Labute approximate surface area is 147 Å². The van der Waals surface area contributed by atoms with Crippen molar-refractivity contribution in [3.05, 3.63) is 53.6 Å². The van der Waals surface area contributed by atoms with Crippen molar-refractivity contribution in [1.82, 2.24) is 5.32 Å². The van der Waals surface area contributed by atoms with Crippen molar-refractivity contribution in [2.45, 2.75) is 19.9 Å². The average Bonchev–Trinajstić information content (AvgIpc) is 2.60. The van der Waals surface area contributed by atoms with Gasteiger partial charge in [0.1, 0.15) is 11.5 Å². The molecule has 6 nitrogen and oxygen atoms in total. The van der Waals surface area contributed by atoms with E-state index in [4.69, 9.17) is 9.47 Å². The molecule has 0 aliphatic carbocycles. The van der Waals surface area contributed by atoms with Crippen molar-refractivity contribution in [1.29, 1.82) is 0 Å². The SMILES string of the molecule is COc1ccc(C(C)NC(=O)c2cccc(NC(C)=O)c2)c(OC)c1. The van der Waals surface area contributed by atoms with Crippen LogP contribution >= 0.6 is 0 Å². The summed E-state index contributed by atoms with van der Waals surface area (Å²) in [7, 11) is 3.16. The lowest BCUT2D eigenvalue weighted by Crippen LogP contribution is -2.27. The predicted molar refractivity (Wildman–Crippen MR) is 96.2 cm³/mol. The Hall–Kier alpha value is -3.02. The van der Waals surface area contributed by atoms with Crippen LogP contribution in [0.2, 0.25) is 0 Å². The van der Waals surface area contributed by atoms with E-state index in [1.807, 2.05) is 19.1 Å². The molecule has 0 spiro atoms. The van der Waals surface area contributed by atoms with E-state index < -0.39 is 0 Å². The second-order valence-corrected chi connectivity index (χ2v) is 5.57. The van der Waals surface area contributed by atoms with Crippen LogP contribution in [0.4, 0.5) is 5.69 Å². The lowest BCUT2D eigenvalue weighted by molar-refractivity contribution is -0.114. The summed E-state index contributed by atoms with van der Waals surface area (Å²) in [6.07, 6.45) is 0. The number of anilines is 1. The van der Waals surface area contributed by atoms with Crippen molar-refractivity contribution in [3.63, 3.8) is 0 Å². The topological polar surface area (TPSA) is 76.7 Å². The lowest BCUT2D eigenvalue weighted by atomic mass is 10.1. The number of carbonyl (C=O) groups is 2. The maximum atomic E-state index is 12.5. The molecule has 0 saturated heterocycles. The summed E-state index contributed by atoms with van der Waals surface area (Å²) in [5, 5.41) is 5.60. The molecule has 0 saturated carbocycles. The summed E-state index contributed by atoms with van der Waals surface area (Å²) in [5.41, 5.74) is 1.88. The summed E-state index contributed by atoms with van der Waals surface area (Å²) in [6, 6.07) is 12.0. The number of hydrogen-bond acceptors (Lipinski definition) is 4. The van der Waals surface area contributed by atoms with Crippen LogP contribution < -0.4 is 20.1 Å². The monoisotopic (exact) mass is 342 g/mol. The van der Waals surface area contributed by atoms with Crippen LogP contribution in [0.5, 0.6) is 11.5 Å². The molecule has 0 aromatic heterocycles. The van der Waals surface area contributed by atoms with Crippen molar-refractivity contribution in [2.75, 3.05) is 19.5 Å². The minimum Gasteiger partial charge on any atom is -0.497 e. The molecular formula is C19H22N2O4. The summed E-state index contributed by atoms with van der Waals surface area (Å²) in [6.45, 7) is 3.30. The van der Waals surface area contributed by atoms with Gasteiger partial charge in [-0.3, -0.25) is 9.59 Å². The Kier molecular flexibility index (Phi) is 6.00. The van der Waals surface area contributed by atoms with E-state index in [1.54, 1.807) is 44.6 Å². The molecule has 2 N–H and O–H groups in total. The largest absolute Gasteiger partial charge is 0.497 e. The van der Waals surface area contributed by atoms with Crippen LogP contribution in [0.1, 0.15) is 35.8 Å². The minimum atomic E-state index is -0.266. The van der Waals surface area contributed by atoms with Gasteiger partial charge >= 0.3 is 0 Å². The number of nitrogens with one attached hydrogen (secondary N) is 2. The van der Waals surface area contributed by atoms with E-state index in [1.165, 1.54) is 6.92 Å². The quantitative estimate of drug-likeness (QED) is 0.845. The maximum absolute atomic E-state index is 12.5. The van der Waals surface area contributed by atoms with Crippen LogP contribution in [0.3, 0.4) is 0 Å². The van der Waals surface area contributed by atoms with E-state index in [2.05, 4.69) is 10.6 Å². The zero-order chi connectivity index (χ0) is 18.4. The highest BCUT2D eigenvalue weighted by Gasteiger charge is 2.16. The Balaban J connectivity index is 2.16. The van der Waals surface area contributed by atoms with Crippen LogP contribution in [-0.2, 0) is 4.79 Å². The van der Waals surface area contributed by atoms with Gasteiger partial charge in [-0.05, 0) is 37.3 Å². The van der Waals surface area contributed by atoms with Gasteiger partial charge in [-0.2, -0.15) is 0 Å². The third-order valence-corrected chi connectivity index (χ3v) is 3.70. The molecule has 2 aromatic carbocycles. The Morgan fingerprint density at radius 2 is 1.80 bits per heavy atom. The number of benzene rings is 2. The summed E-state index contributed by atoms with van der Waals surface area (Å²) < 4.78 is 10.6. The first-order chi connectivity index (χ1) is 11.9. The molecule has 1 unspecified atom stereocenters. The fraction of sp³-hybridized carbons (Fsp3) is 0.263. The van der Waals surface area contributed by atoms with Gasteiger partial charge in [-0.25, -0.2) is 0 Å². The maximum Gasteiger partial charge on any atom is 0.251 e. The zero-order valence-corrected chi connectivity index (χ0v) is 14.8. The average molecular weight is 342 g/mol. The van der Waals surface area contributed by atoms with Gasteiger partial charge < -0.3 is 20.1 Å².